The molecule has 0 atom stereocenters. The maximum absolute atomic E-state index is 9.33. The zero-order valence-corrected chi connectivity index (χ0v) is 6.15. The molecule has 0 spiro atoms. The van der Waals surface area contributed by atoms with Crippen LogP contribution >= 0.6 is 0 Å². The molecule has 2 rings (SSSR count). The third kappa shape index (κ3) is 0.774. The highest BCUT2D eigenvalue weighted by Crippen LogP contribution is 2.20. The van der Waals surface area contributed by atoms with E-state index < -0.39 is 0 Å². The number of rotatable bonds is 0. The molecule has 0 unspecified atom stereocenters. The van der Waals surface area contributed by atoms with Gasteiger partial charge in [-0.2, -0.15) is 0 Å². The van der Waals surface area contributed by atoms with E-state index in [4.69, 9.17) is 0 Å². The van der Waals surface area contributed by atoms with Crippen LogP contribution in [-0.4, -0.2) is 14.5 Å². The van der Waals surface area contributed by atoms with Crippen LogP contribution in [0, 0.1) is 6.92 Å². The summed E-state index contributed by atoms with van der Waals surface area (Å²) in [4.78, 5) is 4.06. The van der Waals surface area contributed by atoms with Crippen LogP contribution in [0.4, 0.5) is 0 Å². The van der Waals surface area contributed by atoms with Crippen molar-refractivity contribution in [2.24, 2.45) is 0 Å². The summed E-state index contributed by atoms with van der Waals surface area (Å²) in [6, 6.07) is 1.66. The molecule has 0 aliphatic heterocycles. The molecule has 0 radical (unpaired) electrons. The minimum Gasteiger partial charge on any atom is -0.506 e. The van der Waals surface area contributed by atoms with E-state index in [1.54, 1.807) is 18.5 Å². The summed E-state index contributed by atoms with van der Waals surface area (Å²) < 4.78 is 1.84. The first-order valence-corrected chi connectivity index (χ1v) is 3.40. The Morgan fingerprint density at radius 1 is 1.45 bits per heavy atom. The number of aromatic nitrogens is 2. The average molecular weight is 148 g/mol. The van der Waals surface area contributed by atoms with E-state index >= 15 is 0 Å². The number of fused-ring (bicyclic) bond motifs is 1. The first kappa shape index (κ1) is 6.22. The molecule has 2 heterocycles. The van der Waals surface area contributed by atoms with Crippen molar-refractivity contribution in [1.82, 2.24) is 9.38 Å². The van der Waals surface area contributed by atoms with Crippen LogP contribution in [0.25, 0.3) is 5.52 Å². The minimum absolute atomic E-state index is 0.288. The lowest BCUT2D eigenvalue weighted by Gasteiger charge is -1.96. The third-order valence-electron chi connectivity index (χ3n) is 1.73. The molecule has 3 nitrogen and oxygen atoms in total. The van der Waals surface area contributed by atoms with Gasteiger partial charge in [0.05, 0.1) is 5.69 Å². The number of hydrogen-bond acceptors (Lipinski definition) is 2. The quantitative estimate of drug-likeness (QED) is 0.612. The zero-order chi connectivity index (χ0) is 7.84. The van der Waals surface area contributed by atoms with Crippen LogP contribution in [0.5, 0.6) is 5.75 Å². The van der Waals surface area contributed by atoms with E-state index in [-0.39, 0.29) is 5.75 Å². The SMILES string of the molecule is Cc1nccn2ccc(O)c12. The van der Waals surface area contributed by atoms with Crippen molar-refractivity contribution in [2.45, 2.75) is 6.92 Å². The number of aryl methyl sites for hydroxylation is 1. The number of hydrogen-bond donors (Lipinski definition) is 1. The number of aromatic hydroxyl groups is 1. The zero-order valence-electron chi connectivity index (χ0n) is 6.15. The van der Waals surface area contributed by atoms with Gasteiger partial charge in [0.25, 0.3) is 0 Å². The Balaban J connectivity index is 2.96. The fourth-order valence-electron chi connectivity index (χ4n) is 1.21. The van der Waals surface area contributed by atoms with Crippen LogP contribution in [0.1, 0.15) is 5.69 Å². The molecule has 0 aromatic carbocycles. The second-order valence-electron chi connectivity index (χ2n) is 2.47. The van der Waals surface area contributed by atoms with Crippen LogP contribution < -0.4 is 0 Å². The predicted octanol–water partition coefficient (Wildman–Crippen LogP) is 1.35. The van der Waals surface area contributed by atoms with Gasteiger partial charge < -0.3 is 9.51 Å². The summed E-state index contributed by atoms with van der Waals surface area (Å²) in [6.07, 6.45) is 5.32. The van der Waals surface area contributed by atoms with Crippen molar-refractivity contribution in [1.29, 1.82) is 0 Å². The Morgan fingerprint density at radius 2 is 2.27 bits per heavy atom. The normalized spacial score (nSPS) is 10.6. The van der Waals surface area contributed by atoms with Crippen molar-refractivity contribution < 1.29 is 5.11 Å². The van der Waals surface area contributed by atoms with Gasteiger partial charge in [0, 0.05) is 18.6 Å². The lowest BCUT2D eigenvalue weighted by molar-refractivity contribution is 0.481. The average Bonchev–Trinajstić information content (AvgIpc) is 2.34. The molecule has 0 bridgehead atoms. The summed E-state index contributed by atoms with van der Waals surface area (Å²) in [5.41, 5.74) is 1.63. The Labute approximate surface area is 63.9 Å². The van der Waals surface area contributed by atoms with Crippen molar-refractivity contribution in [3.8, 4) is 5.75 Å². The van der Waals surface area contributed by atoms with E-state index in [1.807, 2.05) is 17.5 Å². The Kier molecular flexibility index (Phi) is 1.12. The van der Waals surface area contributed by atoms with Crippen molar-refractivity contribution in [3.05, 3.63) is 30.4 Å². The highest BCUT2D eigenvalue weighted by molar-refractivity contribution is 5.62. The Bertz CT molecular complexity index is 392. The highest BCUT2D eigenvalue weighted by atomic mass is 16.3. The lowest BCUT2D eigenvalue weighted by atomic mass is 10.4. The molecule has 0 aliphatic rings. The van der Waals surface area contributed by atoms with E-state index in [0.29, 0.717) is 0 Å². The van der Waals surface area contributed by atoms with Gasteiger partial charge in [0.1, 0.15) is 11.3 Å². The molecule has 0 fully saturated rings. The summed E-state index contributed by atoms with van der Waals surface area (Å²) in [7, 11) is 0. The van der Waals surface area contributed by atoms with Gasteiger partial charge in [-0.3, -0.25) is 4.98 Å². The summed E-state index contributed by atoms with van der Waals surface area (Å²) in [5.74, 6) is 0.288. The van der Waals surface area contributed by atoms with Gasteiger partial charge in [-0.05, 0) is 13.0 Å². The largest absolute Gasteiger partial charge is 0.506 e. The van der Waals surface area contributed by atoms with Crippen LogP contribution in [-0.2, 0) is 0 Å². The topological polar surface area (TPSA) is 37.5 Å². The predicted molar refractivity (Wildman–Crippen MR) is 41.6 cm³/mol. The highest BCUT2D eigenvalue weighted by Gasteiger charge is 2.02. The van der Waals surface area contributed by atoms with Crippen LogP contribution in [0.15, 0.2) is 24.7 Å². The van der Waals surface area contributed by atoms with Gasteiger partial charge >= 0.3 is 0 Å². The molecule has 2 aromatic heterocycles. The smallest absolute Gasteiger partial charge is 0.142 e. The van der Waals surface area contributed by atoms with Gasteiger partial charge in [-0.15, -0.1) is 0 Å². The standard InChI is InChI=1S/C8H8N2O/c1-6-8-7(11)2-4-10(8)5-3-9-6/h2-5,11H,1H3. The van der Waals surface area contributed by atoms with E-state index in [1.165, 1.54) is 0 Å². The molecule has 56 valence electrons. The van der Waals surface area contributed by atoms with Crippen molar-refractivity contribution in [2.75, 3.05) is 0 Å². The summed E-state index contributed by atoms with van der Waals surface area (Å²) >= 11 is 0. The Morgan fingerprint density at radius 3 is 3.00 bits per heavy atom. The number of nitrogens with zero attached hydrogens (tertiary/aromatic N) is 2. The van der Waals surface area contributed by atoms with Gasteiger partial charge in [-0.25, -0.2) is 0 Å². The maximum Gasteiger partial charge on any atom is 0.142 e. The molecule has 3 heteroatoms. The summed E-state index contributed by atoms with van der Waals surface area (Å²) in [6.45, 7) is 1.87. The molecule has 2 aromatic rings. The van der Waals surface area contributed by atoms with Crippen molar-refractivity contribution >= 4 is 5.52 Å². The molecular formula is C8H8N2O. The van der Waals surface area contributed by atoms with Crippen molar-refractivity contribution in [3.63, 3.8) is 0 Å². The van der Waals surface area contributed by atoms with E-state index in [9.17, 15) is 5.11 Å². The molecule has 11 heavy (non-hydrogen) atoms. The fourth-order valence-corrected chi connectivity index (χ4v) is 1.21. The summed E-state index contributed by atoms with van der Waals surface area (Å²) in [5, 5.41) is 9.33. The van der Waals surface area contributed by atoms with Crippen LogP contribution in [0.3, 0.4) is 0 Å². The molecule has 0 amide bonds. The first-order chi connectivity index (χ1) is 5.29. The van der Waals surface area contributed by atoms with E-state index in [2.05, 4.69) is 4.98 Å². The monoisotopic (exact) mass is 148 g/mol. The Hall–Kier alpha value is -1.51. The maximum atomic E-state index is 9.33. The lowest BCUT2D eigenvalue weighted by Crippen LogP contribution is -1.87. The molecule has 1 N–H and O–H groups in total. The molecule has 0 saturated carbocycles. The van der Waals surface area contributed by atoms with Gasteiger partial charge in [-0.1, -0.05) is 0 Å². The molecule has 0 aliphatic carbocycles. The van der Waals surface area contributed by atoms with E-state index in [0.717, 1.165) is 11.2 Å². The molecule has 0 saturated heterocycles. The van der Waals surface area contributed by atoms with Gasteiger partial charge in [0.15, 0.2) is 0 Å². The molecular weight excluding hydrogens is 140 g/mol. The minimum atomic E-state index is 0.288. The third-order valence-corrected chi connectivity index (χ3v) is 1.73. The second-order valence-corrected chi connectivity index (χ2v) is 2.47. The second kappa shape index (κ2) is 1.99. The fraction of sp³-hybridized carbons (Fsp3) is 0.125. The first-order valence-electron chi connectivity index (χ1n) is 3.40. The van der Waals surface area contributed by atoms with Crippen LogP contribution in [0.2, 0.25) is 0 Å². The van der Waals surface area contributed by atoms with Gasteiger partial charge in [0.2, 0.25) is 0 Å².